The van der Waals surface area contributed by atoms with Gasteiger partial charge in [-0.3, -0.25) is 76.4 Å². The molecule has 10 atom stereocenters. The summed E-state index contributed by atoms with van der Waals surface area (Å²) in [5, 5.41) is 47.6. The van der Waals surface area contributed by atoms with E-state index >= 15 is 28.8 Å². The number of rotatable bonds is 44. The molecular weight excluding hydrogens is 1560 g/mol. The summed E-state index contributed by atoms with van der Waals surface area (Å²) in [5.41, 5.74) is 9.00. The lowest BCUT2D eigenvalue weighted by Crippen LogP contribution is -2.62. The number of unbranched alkanes of at least 4 members (excludes halogenated alkanes) is 1. The molecule has 9 rings (SSSR count). The van der Waals surface area contributed by atoms with Crippen LogP contribution < -0.4 is 69.5 Å². The van der Waals surface area contributed by atoms with E-state index in [1.807, 2.05) is 70.2 Å². The van der Waals surface area contributed by atoms with Crippen LogP contribution in [-0.4, -0.2) is 210 Å². The van der Waals surface area contributed by atoms with Gasteiger partial charge in [-0.15, -0.1) is 0 Å². The lowest BCUT2D eigenvalue weighted by atomic mass is 9.99. The van der Waals surface area contributed by atoms with Crippen molar-refractivity contribution >= 4 is 111 Å². The number of likely N-dealkylation sites (tertiary alicyclic amines) is 1. The van der Waals surface area contributed by atoms with Gasteiger partial charge in [0.25, 0.3) is 11.8 Å². The van der Waals surface area contributed by atoms with Crippen molar-refractivity contribution in [3.63, 3.8) is 0 Å². The quantitative estimate of drug-likeness (QED) is 0.0243. The van der Waals surface area contributed by atoms with Crippen LogP contribution in [0.1, 0.15) is 117 Å². The van der Waals surface area contributed by atoms with Crippen LogP contribution >= 0.6 is 11.6 Å². The fourth-order valence-electron chi connectivity index (χ4n) is 13.7. The fraction of sp³-hybridized carbons (Fsp3) is 0.395. The van der Waals surface area contributed by atoms with Crippen molar-refractivity contribution in [1.82, 2.24) is 82.2 Å². The largest absolute Gasteiger partial charge is 0.394 e. The second kappa shape index (κ2) is 45.3. The Morgan fingerprint density at radius 1 is 0.492 bits per heavy atom. The average molecular weight is 1670 g/mol. The number of hydrogen-bond donors (Lipinski definition) is 14. The Balaban J connectivity index is 1.01. The van der Waals surface area contributed by atoms with Crippen LogP contribution in [0.15, 0.2) is 177 Å². The SMILES string of the molecule is CC(=O)N[C@H](Cc1ccc2ccccc2c1)C(=O)N[C@H](Cc1ccc(Cl)cc1)C(=O)N[C@H](Cc1cccnc1)C(=O)N[C@@H](CO)C(=O)N[C@@H](Cc1ccc(NCC(=O)n2ccnc2)cc1)C(=O)N[C@H](Cc1ccc(NCC(=O)n2ccnc2)cc1)C(=O)N[C@@H](CC(C)C)C(=O)N[C@@H](CCCCNC(C)C)C(=O)N1CCC[C@H]1C(=O)N[C@H](C)C(N)=O. The number of pyridine rings is 1. The number of aromatic nitrogens is 5. The molecule has 0 unspecified atom stereocenters. The highest BCUT2D eigenvalue weighted by atomic mass is 35.5. The highest BCUT2D eigenvalue weighted by molar-refractivity contribution is 6.30. The van der Waals surface area contributed by atoms with E-state index in [0.717, 1.165) is 10.8 Å². The summed E-state index contributed by atoms with van der Waals surface area (Å²) in [5.74, 6) is -9.78. The molecule has 1 fully saturated rings. The highest BCUT2D eigenvalue weighted by Gasteiger charge is 2.41. The van der Waals surface area contributed by atoms with Crippen LogP contribution in [0.25, 0.3) is 10.8 Å². The molecule has 1 aliphatic heterocycles. The third-order valence-corrected chi connectivity index (χ3v) is 20.4. The number of carbonyl (C=O) groups excluding carboxylic acids is 13. The van der Waals surface area contributed by atoms with E-state index in [-0.39, 0.29) is 94.8 Å². The van der Waals surface area contributed by atoms with Gasteiger partial charge in [-0.1, -0.05) is 124 Å². The van der Waals surface area contributed by atoms with Crippen LogP contribution in [0, 0.1) is 5.92 Å². The number of aliphatic hydroxyl groups excluding tert-OH is 1. The summed E-state index contributed by atoms with van der Waals surface area (Å²) in [7, 11) is 0. The molecule has 0 aliphatic carbocycles. The van der Waals surface area contributed by atoms with E-state index in [0.29, 0.717) is 70.0 Å². The van der Waals surface area contributed by atoms with Gasteiger partial charge in [0.15, 0.2) is 0 Å². The molecule has 8 aromatic rings. The standard InChI is InChI=1S/C86H106ClN19O14/c1-52(2)39-67(78(112)97-66(16-9-10-33-92-53(3)4)86(120)106-36-12-17-74(106)85(119)95-54(5)77(88)111)98-80(114)70(42-57-21-28-64(29-22-57)93-47-75(109)104-37-34-90-50-104)100-82(116)71(43-58-23-30-65(31-24-58)94-48-76(110)105-38-35-91-51-105)102-84(118)73(49-107)103-83(117)72(45-60-13-11-32-89-46-60)101-81(115)69(41-56-19-26-63(87)27-20-56)99-79(113)68(96-55(6)108)44-59-18-25-61-14-7-8-15-62(61)40-59/h7-8,11,13-15,18-32,34-35,37-38,40,46,50-54,66-74,92-94,107H,9-10,12,16-17,33,36,39,41-45,47-49H2,1-6H3,(H2,88,111)(H,95,119)(H,96,108)(H,97,112)(H,98,114)(H,99,113)(H,100,116)(H,101,115)(H,102,118)(H,103,117)/t54-,66+,67+,68-,69-,70-,71+,72-,73+,74+/m1/s1. The molecule has 4 heterocycles. The van der Waals surface area contributed by atoms with Crippen LogP contribution in [0.2, 0.25) is 5.02 Å². The first-order chi connectivity index (χ1) is 57.6. The monoisotopic (exact) mass is 1660 g/mol. The van der Waals surface area contributed by atoms with Gasteiger partial charge in [-0.25, -0.2) is 9.97 Å². The number of nitrogens with two attached hydrogens (primary N) is 1. The van der Waals surface area contributed by atoms with Gasteiger partial charge in [0.1, 0.15) is 73.1 Å². The molecule has 1 saturated heterocycles. The summed E-state index contributed by atoms with van der Waals surface area (Å²) in [4.78, 5) is 198. The summed E-state index contributed by atoms with van der Waals surface area (Å²) >= 11 is 6.29. The number of benzene rings is 5. The Morgan fingerprint density at radius 3 is 1.43 bits per heavy atom. The first kappa shape index (κ1) is 91.2. The maximum absolute atomic E-state index is 15.6. The molecular formula is C86H106ClN19O14. The minimum absolute atomic E-state index is 0.00585. The van der Waals surface area contributed by atoms with Crippen LogP contribution in [0.5, 0.6) is 0 Å². The van der Waals surface area contributed by atoms with Gasteiger partial charge in [-0.2, -0.15) is 0 Å². The van der Waals surface area contributed by atoms with E-state index in [9.17, 15) is 38.7 Å². The van der Waals surface area contributed by atoms with Crippen LogP contribution in [0.3, 0.4) is 0 Å². The van der Waals surface area contributed by atoms with Crippen LogP contribution in [-0.2, 0) is 84.8 Å². The smallest absolute Gasteiger partial charge is 0.251 e. The summed E-state index contributed by atoms with van der Waals surface area (Å²) in [6.07, 6.45) is 12.4. The Morgan fingerprint density at radius 2 is 0.950 bits per heavy atom. The molecule has 0 saturated carbocycles. The Kier molecular flexibility index (Phi) is 34.4. The number of amides is 11. The third-order valence-electron chi connectivity index (χ3n) is 20.1. The van der Waals surface area contributed by atoms with Crippen molar-refractivity contribution in [2.75, 3.05) is 43.4 Å². The van der Waals surface area contributed by atoms with Crippen molar-refractivity contribution in [2.45, 2.75) is 179 Å². The van der Waals surface area contributed by atoms with Crippen molar-refractivity contribution < 1.29 is 67.4 Å². The molecule has 15 N–H and O–H groups in total. The van der Waals surface area contributed by atoms with Crippen molar-refractivity contribution in [3.8, 4) is 0 Å². The lowest BCUT2D eigenvalue weighted by molar-refractivity contribution is -0.142. The van der Waals surface area contributed by atoms with Crippen molar-refractivity contribution in [1.29, 1.82) is 0 Å². The number of imidazole rings is 2. The molecule has 5 aromatic carbocycles. The Bertz CT molecular complexity index is 4810. The number of nitrogens with one attached hydrogen (secondary N) is 12. The van der Waals surface area contributed by atoms with E-state index in [1.54, 1.807) is 84.9 Å². The second-order valence-electron chi connectivity index (χ2n) is 30.4. The number of carbonyl (C=O) groups is 13. The van der Waals surface area contributed by atoms with E-state index < -0.39 is 132 Å². The van der Waals surface area contributed by atoms with Gasteiger partial charge < -0.3 is 79.5 Å². The molecule has 120 heavy (non-hydrogen) atoms. The molecule has 0 spiro atoms. The fourth-order valence-corrected chi connectivity index (χ4v) is 13.8. The van der Waals surface area contributed by atoms with E-state index in [2.05, 4.69) is 78.8 Å². The van der Waals surface area contributed by atoms with Crippen molar-refractivity contribution in [3.05, 3.63) is 210 Å². The topological polar surface area (TPSA) is 464 Å². The number of fused-ring (bicyclic) bond motifs is 1. The number of anilines is 2. The first-order valence-electron chi connectivity index (χ1n) is 40.0. The first-order valence-corrected chi connectivity index (χ1v) is 40.4. The molecule has 3 aromatic heterocycles. The molecule has 33 nitrogen and oxygen atoms in total. The second-order valence-corrected chi connectivity index (χ2v) is 30.9. The zero-order chi connectivity index (χ0) is 86.4. The minimum Gasteiger partial charge on any atom is -0.394 e. The molecule has 34 heteroatoms. The zero-order valence-corrected chi connectivity index (χ0v) is 68.6. The van der Waals surface area contributed by atoms with Gasteiger partial charge in [0.2, 0.25) is 65.0 Å². The molecule has 11 amide bonds. The summed E-state index contributed by atoms with van der Waals surface area (Å²) in [6, 6.07) is 22.2. The average Bonchev–Trinajstić information content (AvgIpc) is 1.68. The van der Waals surface area contributed by atoms with Crippen molar-refractivity contribution in [2.24, 2.45) is 11.7 Å². The lowest BCUT2D eigenvalue weighted by Gasteiger charge is -2.31. The number of halogens is 1. The maximum atomic E-state index is 15.6. The summed E-state index contributed by atoms with van der Waals surface area (Å²) in [6.45, 7) is 9.68. The van der Waals surface area contributed by atoms with Crippen LogP contribution in [0.4, 0.5) is 11.4 Å². The molecule has 1 aliphatic rings. The van der Waals surface area contributed by atoms with Gasteiger partial charge >= 0.3 is 0 Å². The Labute approximate surface area is 700 Å². The van der Waals surface area contributed by atoms with E-state index in [1.165, 1.54) is 77.7 Å². The third kappa shape index (κ3) is 28.2. The zero-order valence-electron chi connectivity index (χ0n) is 67.9. The van der Waals surface area contributed by atoms with Gasteiger partial charge in [-0.05, 0) is 139 Å². The molecule has 0 bridgehead atoms. The number of primary amides is 1. The molecule has 636 valence electrons. The normalized spacial score (nSPS) is 14.8. The van der Waals surface area contributed by atoms with Gasteiger partial charge in [0, 0.05) is 105 Å². The number of hydrogen-bond acceptors (Lipinski definition) is 20. The number of aliphatic hydroxyl groups is 1. The predicted octanol–water partition coefficient (Wildman–Crippen LogP) is 3.39. The maximum Gasteiger partial charge on any atom is 0.251 e. The predicted molar refractivity (Wildman–Crippen MR) is 450 cm³/mol. The Hall–Kier alpha value is -12.8. The van der Waals surface area contributed by atoms with E-state index in [4.69, 9.17) is 17.3 Å². The highest BCUT2D eigenvalue weighted by Crippen LogP contribution is 2.23. The summed E-state index contributed by atoms with van der Waals surface area (Å²) < 4.78 is 2.60. The number of nitrogens with zero attached hydrogens (tertiary/aromatic N) is 6. The minimum atomic E-state index is -1.87. The molecule has 0 radical (unpaired) electrons. The van der Waals surface area contributed by atoms with Gasteiger partial charge in [0.05, 0.1) is 19.7 Å².